The summed E-state index contributed by atoms with van der Waals surface area (Å²) in [6.45, 7) is 0.0833. The van der Waals surface area contributed by atoms with Crippen LogP contribution in [0.3, 0.4) is 0 Å². The molecule has 0 atom stereocenters. The molecule has 0 spiro atoms. The number of halogens is 2. The molecule has 0 heterocycles. The summed E-state index contributed by atoms with van der Waals surface area (Å²) in [6, 6.07) is 12.5. The number of carbonyl (C=O) groups is 2. The number of anilines is 2. The van der Waals surface area contributed by atoms with Crippen molar-refractivity contribution < 1.29 is 9.59 Å². The van der Waals surface area contributed by atoms with Crippen LogP contribution in [0.2, 0.25) is 10.0 Å². The molecule has 138 valence electrons. The maximum Gasteiger partial charge on any atom is 0.243 e. The van der Waals surface area contributed by atoms with Gasteiger partial charge in [-0.05, 0) is 42.3 Å². The van der Waals surface area contributed by atoms with Gasteiger partial charge in [-0.3, -0.25) is 9.59 Å². The molecule has 0 fully saturated rings. The van der Waals surface area contributed by atoms with E-state index in [4.69, 9.17) is 23.2 Å². The van der Waals surface area contributed by atoms with Gasteiger partial charge in [0.15, 0.2) is 0 Å². The number of nitrogens with zero attached hydrogens (tertiary/aromatic N) is 1. The van der Waals surface area contributed by atoms with E-state index in [-0.39, 0.29) is 18.4 Å². The Bertz CT molecular complexity index is 774. The van der Waals surface area contributed by atoms with E-state index in [1.165, 1.54) is 0 Å². The Morgan fingerprint density at radius 3 is 2.35 bits per heavy atom. The molecular formula is C19H21Cl2N3O2. The second-order valence-corrected chi connectivity index (χ2v) is 6.92. The molecule has 0 aromatic heterocycles. The lowest BCUT2D eigenvalue weighted by atomic mass is 10.1. The van der Waals surface area contributed by atoms with Gasteiger partial charge >= 0.3 is 0 Å². The quantitative estimate of drug-likeness (QED) is 0.745. The van der Waals surface area contributed by atoms with E-state index in [0.29, 0.717) is 34.3 Å². The van der Waals surface area contributed by atoms with Gasteiger partial charge in [0.1, 0.15) is 0 Å². The highest BCUT2D eigenvalue weighted by atomic mass is 35.5. The Kier molecular flexibility index (Phi) is 7.30. The van der Waals surface area contributed by atoms with Crippen molar-refractivity contribution in [3.63, 3.8) is 0 Å². The molecule has 0 aliphatic carbocycles. The van der Waals surface area contributed by atoms with Crippen LogP contribution in [-0.2, 0) is 16.0 Å². The molecule has 7 heteroatoms. The molecule has 0 unspecified atom stereocenters. The first-order chi connectivity index (χ1) is 12.3. The van der Waals surface area contributed by atoms with E-state index >= 15 is 0 Å². The molecule has 0 aliphatic heterocycles. The monoisotopic (exact) mass is 393 g/mol. The van der Waals surface area contributed by atoms with Crippen molar-refractivity contribution in [2.45, 2.75) is 12.8 Å². The van der Waals surface area contributed by atoms with Crippen molar-refractivity contribution >= 4 is 46.4 Å². The summed E-state index contributed by atoms with van der Waals surface area (Å²) in [4.78, 5) is 25.4. The van der Waals surface area contributed by atoms with Crippen LogP contribution in [0.5, 0.6) is 0 Å². The second-order valence-electron chi connectivity index (χ2n) is 6.05. The van der Waals surface area contributed by atoms with Crippen LogP contribution in [0, 0.1) is 0 Å². The van der Waals surface area contributed by atoms with Crippen LogP contribution in [0.15, 0.2) is 42.5 Å². The summed E-state index contributed by atoms with van der Waals surface area (Å²) in [5.74, 6) is -0.119. The largest absolute Gasteiger partial charge is 0.376 e. The number of amides is 2. The van der Waals surface area contributed by atoms with Gasteiger partial charge in [-0.1, -0.05) is 35.3 Å². The SMILES string of the molecule is CN(C)C(=O)CCc1cccc(NC(=O)CNc2cc(Cl)cc(Cl)c2)c1. The topological polar surface area (TPSA) is 61.4 Å². The summed E-state index contributed by atoms with van der Waals surface area (Å²) in [6.07, 6.45) is 1.06. The normalized spacial score (nSPS) is 10.3. The van der Waals surface area contributed by atoms with Crippen molar-refractivity contribution in [3.8, 4) is 0 Å². The van der Waals surface area contributed by atoms with Gasteiger partial charge in [0.05, 0.1) is 6.54 Å². The lowest BCUT2D eigenvalue weighted by Gasteiger charge is -2.11. The average Bonchev–Trinajstić information content (AvgIpc) is 2.57. The molecular weight excluding hydrogens is 373 g/mol. The van der Waals surface area contributed by atoms with Crippen LogP contribution in [0.25, 0.3) is 0 Å². The molecule has 2 aromatic rings. The fourth-order valence-corrected chi connectivity index (χ4v) is 2.85. The molecule has 26 heavy (non-hydrogen) atoms. The van der Waals surface area contributed by atoms with Crippen molar-refractivity contribution in [1.29, 1.82) is 0 Å². The molecule has 0 saturated carbocycles. The van der Waals surface area contributed by atoms with Crippen molar-refractivity contribution in [3.05, 3.63) is 58.1 Å². The zero-order chi connectivity index (χ0) is 19.1. The van der Waals surface area contributed by atoms with Gasteiger partial charge in [0.25, 0.3) is 0 Å². The number of hydrogen-bond donors (Lipinski definition) is 2. The summed E-state index contributed by atoms with van der Waals surface area (Å²) in [5, 5.41) is 6.81. The third kappa shape index (κ3) is 6.58. The van der Waals surface area contributed by atoms with Crippen LogP contribution < -0.4 is 10.6 Å². The fraction of sp³-hybridized carbons (Fsp3) is 0.263. The lowest BCUT2D eigenvalue weighted by molar-refractivity contribution is -0.128. The predicted molar refractivity (Wildman–Crippen MR) is 107 cm³/mol. The Hall–Kier alpha value is -2.24. The van der Waals surface area contributed by atoms with Crippen LogP contribution in [0.4, 0.5) is 11.4 Å². The first-order valence-corrected chi connectivity index (χ1v) is 8.88. The summed E-state index contributed by atoms with van der Waals surface area (Å²) >= 11 is 11.9. The Labute approximate surface area is 163 Å². The number of hydrogen-bond acceptors (Lipinski definition) is 3. The van der Waals surface area contributed by atoms with Gasteiger partial charge in [-0.15, -0.1) is 0 Å². The maximum atomic E-state index is 12.1. The molecule has 2 aromatic carbocycles. The zero-order valence-corrected chi connectivity index (χ0v) is 16.2. The van der Waals surface area contributed by atoms with E-state index in [2.05, 4.69) is 10.6 Å². The van der Waals surface area contributed by atoms with Crippen LogP contribution >= 0.6 is 23.2 Å². The van der Waals surface area contributed by atoms with Crippen molar-refractivity contribution in [1.82, 2.24) is 4.90 Å². The third-order valence-electron chi connectivity index (χ3n) is 3.65. The number of aryl methyl sites for hydroxylation is 1. The van der Waals surface area contributed by atoms with Gasteiger partial charge in [-0.25, -0.2) is 0 Å². The van der Waals surface area contributed by atoms with E-state index < -0.39 is 0 Å². The summed E-state index contributed by atoms with van der Waals surface area (Å²) in [7, 11) is 3.47. The van der Waals surface area contributed by atoms with Crippen LogP contribution in [-0.4, -0.2) is 37.4 Å². The van der Waals surface area contributed by atoms with Gasteiger partial charge in [0, 0.05) is 41.9 Å². The van der Waals surface area contributed by atoms with E-state index in [9.17, 15) is 9.59 Å². The fourth-order valence-electron chi connectivity index (χ4n) is 2.32. The molecule has 2 rings (SSSR count). The number of rotatable bonds is 7. The third-order valence-corrected chi connectivity index (χ3v) is 4.09. The Balaban J connectivity index is 1.88. The van der Waals surface area contributed by atoms with E-state index in [0.717, 1.165) is 5.56 Å². The van der Waals surface area contributed by atoms with Crippen molar-refractivity contribution in [2.24, 2.45) is 0 Å². The molecule has 0 bridgehead atoms. The summed E-state index contributed by atoms with van der Waals surface area (Å²) in [5.41, 5.74) is 2.36. The first-order valence-electron chi connectivity index (χ1n) is 8.12. The van der Waals surface area contributed by atoms with Crippen molar-refractivity contribution in [2.75, 3.05) is 31.3 Å². The second kappa shape index (κ2) is 9.46. The van der Waals surface area contributed by atoms with Gasteiger partial charge < -0.3 is 15.5 Å². The predicted octanol–water partition coefficient (Wildman–Crippen LogP) is 4.06. The molecule has 5 nitrogen and oxygen atoms in total. The zero-order valence-electron chi connectivity index (χ0n) is 14.7. The van der Waals surface area contributed by atoms with E-state index in [1.54, 1.807) is 37.2 Å². The first kappa shape index (κ1) is 20.1. The highest BCUT2D eigenvalue weighted by molar-refractivity contribution is 6.35. The Morgan fingerprint density at radius 1 is 1.00 bits per heavy atom. The minimum atomic E-state index is -0.192. The van der Waals surface area contributed by atoms with Gasteiger partial charge in [-0.2, -0.15) is 0 Å². The standard InChI is InChI=1S/C19H21Cl2N3O2/c1-24(2)19(26)7-6-13-4-3-5-16(8-13)23-18(25)12-22-17-10-14(20)9-15(21)11-17/h3-5,8-11,22H,6-7,12H2,1-2H3,(H,23,25). The number of carbonyl (C=O) groups excluding carboxylic acids is 2. The van der Waals surface area contributed by atoms with Crippen LogP contribution in [0.1, 0.15) is 12.0 Å². The van der Waals surface area contributed by atoms with Gasteiger partial charge in [0.2, 0.25) is 11.8 Å². The highest BCUT2D eigenvalue weighted by Gasteiger charge is 2.07. The minimum Gasteiger partial charge on any atom is -0.376 e. The number of nitrogens with one attached hydrogen (secondary N) is 2. The average molecular weight is 394 g/mol. The molecule has 0 saturated heterocycles. The minimum absolute atomic E-state index is 0.0730. The van der Waals surface area contributed by atoms with E-state index in [1.807, 2.05) is 24.3 Å². The summed E-state index contributed by atoms with van der Waals surface area (Å²) < 4.78 is 0. The number of benzene rings is 2. The smallest absolute Gasteiger partial charge is 0.243 e. The molecule has 0 aliphatic rings. The maximum absolute atomic E-state index is 12.1. The molecule has 0 radical (unpaired) electrons. The highest BCUT2D eigenvalue weighted by Crippen LogP contribution is 2.22. The Morgan fingerprint density at radius 2 is 1.69 bits per heavy atom. The molecule has 2 amide bonds. The molecule has 2 N–H and O–H groups in total. The lowest BCUT2D eigenvalue weighted by Crippen LogP contribution is -2.22.